The molecule has 0 aromatic carbocycles. The molecule has 0 saturated carbocycles. The Morgan fingerprint density at radius 3 is 2.65 bits per heavy atom. The summed E-state index contributed by atoms with van der Waals surface area (Å²) in [5, 5.41) is 9.59. The number of rotatable bonds is 4. The lowest BCUT2D eigenvalue weighted by molar-refractivity contribution is 0.0397. The molecule has 0 spiro atoms. The van der Waals surface area contributed by atoms with Gasteiger partial charge >= 0.3 is 0 Å². The van der Waals surface area contributed by atoms with Crippen molar-refractivity contribution in [1.82, 2.24) is 9.80 Å². The number of aliphatic hydroxyl groups is 1. The van der Waals surface area contributed by atoms with Gasteiger partial charge in [-0.25, -0.2) is 0 Å². The normalized spacial score (nSPS) is 32.5. The SMILES string of the molecule is CN1CCC(N(C)CC2(CO)CCOC2)CC1. The highest BCUT2D eigenvalue weighted by Gasteiger charge is 2.37. The standard InChI is InChI=1S/C13H26N2O2/c1-14-6-3-12(4-7-14)15(2)9-13(10-16)5-8-17-11-13/h12,16H,3-11H2,1-2H3. The van der Waals surface area contributed by atoms with Gasteiger partial charge in [0.15, 0.2) is 0 Å². The van der Waals surface area contributed by atoms with Crippen LogP contribution in [0.3, 0.4) is 0 Å². The molecule has 2 rings (SSSR count). The van der Waals surface area contributed by atoms with Gasteiger partial charge in [-0.05, 0) is 46.4 Å². The molecule has 100 valence electrons. The molecule has 0 aromatic rings. The molecule has 0 bridgehead atoms. The minimum atomic E-state index is -0.00189. The van der Waals surface area contributed by atoms with Gasteiger partial charge in [0.2, 0.25) is 0 Å². The second-order valence-electron chi connectivity index (χ2n) is 5.91. The molecule has 2 saturated heterocycles. The first-order valence-corrected chi connectivity index (χ1v) is 6.73. The van der Waals surface area contributed by atoms with Crippen LogP contribution < -0.4 is 0 Å². The fourth-order valence-corrected chi connectivity index (χ4v) is 3.04. The molecule has 2 fully saturated rings. The van der Waals surface area contributed by atoms with E-state index >= 15 is 0 Å². The van der Waals surface area contributed by atoms with Crippen LogP contribution in [-0.2, 0) is 4.74 Å². The van der Waals surface area contributed by atoms with Crippen LogP contribution in [-0.4, -0.2) is 74.5 Å². The fraction of sp³-hybridized carbons (Fsp3) is 1.00. The van der Waals surface area contributed by atoms with E-state index in [9.17, 15) is 5.11 Å². The van der Waals surface area contributed by atoms with E-state index in [4.69, 9.17) is 4.74 Å². The van der Waals surface area contributed by atoms with Crippen molar-refractivity contribution >= 4 is 0 Å². The Hall–Kier alpha value is -0.160. The van der Waals surface area contributed by atoms with Crippen LogP contribution in [0.4, 0.5) is 0 Å². The fourth-order valence-electron chi connectivity index (χ4n) is 3.04. The third-order valence-corrected chi connectivity index (χ3v) is 4.42. The predicted molar refractivity (Wildman–Crippen MR) is 68.1 cm³/mol. The summed E-state index contributed by atoms with van der Waals surface area (Å²) >= 11 is 0. The maximum absolute atomic E-state index is 9.59. The van der Waals surface area contributed by atoms with E-state index in [1.54, 1.807) is 0 Å². The van der Waals surface area contributed by atoms with Gasteiger partial charge < -0.3 is 19.6 Å². The Morgan fingerprint density at radius 2 is 2.12 bits per heavy atom. The lowest BCUT2D eigenvalue weighted by atomic mass is 9.87. The largest absolute Gasteiger partial charge is 0.396 e. The summed E-state index contributed by atoms with van der Waals surface area (Å²) in [5.74, 6) is 0. The maximum atomic E-state index is 9.59. The average molecular weight is 242 g/mol. The van der Waals surface area contributed by atoms with Crippen molar-refractivity contribution in [3.8, 4) is 0 Å². The number of likely N-dealkylation sites (tertiary alicyclic amines) is 1. The molecular weight excluding hydrogens is 216 g/mol. The zero-order valence-corrected chi connectivity index (χ0v) is 11.2. The average Bonchev–Trinajstić information content (AvgIpc) is 2.79. The van der Waals surface area contributed by atoms with Gasteiger partial charge in [0.1, 0.15) is 0 Å². The number of nitrogens with zero attached hydrogens (tertiary/aromatic N) is 2. The highest BCUT2D eigenvalue weighted by molar-refractivity contribution is 4.88. The Labute approximate surface area is 105 Å². The first-order chi connectivity index (χ1) is 8.15. The minimum absolute atomic E-state index is 0.00189. The summed E-state index contributed by atoms with van der Waals surface area (Å²) in [4.78, 5) is 4.84. The van der Waals surface area contributed by atoms with Crippen LogP contribution >= 0.6 is 0 Å². The van der Waals surface area contributed by atoms with Gasteiger partial charge in [-0.15, -0.1) is 0 Å². The lowest BCUT2D eigenvalue weighted by Gasteiger charge is -2.39. The zero-order valence-electron chi connectivity index (χ0n) is 11.2. The van der Waals surface area contributed by atoms with Gasteiger partial charge in [-0.3, -0.25) is 0 Å². The minimum Gasteiger partial charge on any atom is -0.396 e. The summed E-state index contributed by atoms with van der Waals surface area (Å²) in [6, 6.07) is 0.676. The van der Waals surface area contributed by atoms with E-state index < -0.39 is 0 Å². The maximum Gasteiger partial charge on any atom is 0.0557 e. The quantitative estimate of drug-likeness (QED) is 0.775. The van der Waals surface area contributed by atoms with Gasteiger partial charge in [0, 0.05) is 24.6 Å². The van der Waals surface area contributed by atoms with Gasteiger partial charge in [-0.2, -0.15) is 0 Å². The monoisotopic (exact) mass is 242 g/mol. The predicted octanol–water partition coefficient (Wildman–Crippen LogP) is 0.411. The molecule has 4 heteroatoms. The van der Waals surface area contributed by atoms with E-state index in [0.717, 1.165) is 26.2 Å². The molecule has 1 unspecified atom stereocenters. The second kappa shape index (κ2) is 5.65. The molecular formula is C13H26N2O2. The smallest absolute Gasteiger partial charge is 0.0557 e. The lowest BCUT2D eigenvalue weighted by Crippen LogP contribution is -2.47. The Kier molecular flexibility index (Phi) is 4.42. The van der Waals surface area contributed by atoms with E-state index in [0.29, 0.717) is 6.04 Å². The first kappa shape index (κ1) is 13.3. The van der Waals surface area contributed by atoms with Crippen LogP contribution in [0.1, 0.15) is 19.3 Å². The molecule has 0 aliphatic carbocycles. The van der Waals surface area contributed by atoms with Gasteiger partial charge in [-0.1, -0.05) is 0 Å². The molecule has 0 amide bonds. The van der Waals surface area contributed by atoms with Crippen LogP contribution in [0.15, 0.2) is 0 Å². The molecule has 2 aliphatic heterocycles. The van der Waals surface area contributed by atoms with Crippen LogP contribution in [0.25, 0.3) is 0 Å². The highest BCUT2D eigenvalue weighted by atomic mass is 16.5. The van der Waals surface area contributed by atoms with Gasteiger partial charge in [0.25, 0.3) is 0 Å². The number of hydrogen-bond donors (Lipinski definition) is 1. The molecule has 2 aliphatic rings. The highest BCUT2D eigenvalue weighted by Crippen LogP contribution is 2.30. The van der Waals surface area contributed by atoms with Crippen LogP contribution in [0.2, 0.25) is 0 Å². The second-order valence-corrected chi connectivity index (χ2v) is 5.91. The number of ether oxygens (including phenoxy) is 1. The molecule has 17 heavy (non-hydrogen) atoms. The molecule has 0 radical (unpaired) electrons. The Bertz CT molecular complexity index is 234. The molecule has 1 atom stereocenters. The third kappa shape index (κ3) is 3.19. The van der Waals surface area contributed by atoms with E-state index in [-0.39, 0.29) is 12.0 Å². The summed E-state index contributed by atoms with van der Waals surface area (Å²) in [7, 11) is 4.39. The number of piperidine rings is 1. The van der Waals surface area contributed by atoms with Gasteiger partial charge in [0.05, 0.1) is 13.2 Å². The zero-order chi connectivity index (χ0) is 12.3. The third-order valence-electron chi connectivity index (χ3n) is 4.42. The summed E-state index contributed by atoms with van der Waals surface area (Å²) in [6.07, 6.45) is 3.49. The topological polar surface area (TPSA) is 35.9 Å². The van der Waals surface area contributed by atoms with Crippen molar-refractivity contribution in [3.63, 3.8) is 0 Å². The molecule has 4 nitrogen and oxygen atoms in total. The number of aliphatic hydroxyl groups excluding tert-OH is 1. The van der Waals surface area contributed by atoms with Crippen molar-refractivity contribution in [2.45, 2.75) is 25.3 Å². The molecule has 1 N–H and O–H groups in total. The van der Waals surface area contributed by atoms with Crippen molar-refractivity contribution in [2.75, 3.05) is 53.6 Å². The van der Waals surface area contributed by atoms with Crippen molar-refractivity contribution in [2.24, 2.45) is 5.41 Å². The molecule has 2 heterocycles. The van der Waals surface area contributed by atoms with E-state index in [1.807, 2.05) is 0 Å². The van der Waals surface area contributed by atoms with E-state index in [1.165, 1.54) is 25.9 Å². The van der Waals surface area contributed by atoms with Crippen molar-refractivity contribution < 1.29 is 9.84 Å². The Morgan fingerprint density at radius 1 is 1.41 bits per heavy atom. The van der Waals surface area contributed by atoms with Crippen LogP contribution in [0, 0.1) is 5.41 Å². The summed E-state index contributed by atoms with van der Waals surface area (Å²) < 4.78 is 5.46. The first-order valence-electron chi connectivity index (χ1n) is 6.73. The number of hydrogen-bond acceptors (Lipinski definition) is 4. The van der Waals surface area contributed by atoms with Crippen molar-refractivity contribution in [1.29, 1.82) is 0 Å². The van der Waals surface area contributed by atoms with E-state index in [2.05, 4.69) is 23.9 Å². The summed E-state index contributed by atoms with van der Waals surface area (Å²) in [5.41, 5.74) is -0.00189. The Balaban J connectivity index is 1.85. The summed E-state index contributed by atoms with van der Waals surface area (Å²) in [6.45, 7) is 5.14. The van der Waals surface area contributed by atoms with Crippen LogP contribution in [0.5, 0.6) is 0 Å². The van der Waals surface area contributed by atoms with Crippen molar-refractivity contribution in [3.05, 3.63) is 0 Å². The molecule has 0 aromatic heterocycles.